The molecule has 22 heavy (non-hydrogen) atoms. The molecule has 1 aliphatic rings. The van der Waals surface area contributed by atoms with Crippen molar-refractivity contribution in [3.05, 3.63) is 35.4 Å². The average molecular weight is 315 g/mol. The number of aliphatic carboxylic acids is 1. The SMILES string of the molecule is Cc1ccc(C2(C(=O)O)CCN(C(=O)C(F)(F)F)CC2)cc1. The molecular formula is C15H16F3NO3. The molecule has 7 heteroatoms. The second kappa shape index (κ2) is 5.62. The standard InChI is InChI=1S/C15H16F3NO3/c1-10-2-4-11(5-3-10)14(13(21)22)6-8-19(9-7-14)12(20)15(16,17)18/h2-5H,6-9H2,1H3,(H,21,22). The molecule has 1 fully saturated rings. The zero-order valence-electron chi connectivity index (χ0n) is 12.0. The number of alkyl halides is 3. The first kappa shape index (κ1) is 16.3. The van der Waals surface area contributed by atoms with Crippen LogP contribution in [0.5, 0.6) is 0 Å². The van der Waals surface area contributed by atoms with Crippen LogP contribution in [0.15, 0.2) is 24.3 Å². The third kappa shape index (κ3) is 2.93. The lowest BCUT2D eigenvalue weighted by atomic mass is 9.72. The summed E-state index contributed by atoms with van der Waals surface area (Å²) in [5.41, 5.74) is 0.287. The van der Waals surface area contributed by atoms with Crippen LogP contribution in [0.1, 0.15) is 24.0 Å². The van der Waals surface area contributed by atoms with Gasteiger partial charge in [-0.2, -0.15) is 13.2 Å². The maximum Gasteiger partial charge on any atom is 0.471 e. The molecule has 2 rings (SSSR count). The molecule has 1 aliphatic heterocycles. The molecule has 0 aliphatic carbocycles. The van der Waals surface area contributed by atoms with E-state index in [9.17, 15) is 27.9 Å². The van der Waals surface area contributed by atoms with E-state index in [1.165, 1.54) is 0 Å². The molecule has 1 aromatic rings. The fourth-order valence-electron chi connectivity index (χ4n) is 2.77. The highest BCUT2D eigenvalue weighted by Gasteiger charge is 2.48. The molecule has 120 valence electrons. The Hall–Kier alpha value is -2.05. The predicted molar refractivity (Wildman–Crippen MR) is 72.4 cm³/mol. The van der Waals surface area contributed by atoms with Crippen LogP contribution in [0.3, 0.4) is 0 Å². The van der Waals surface area contributed by atoms with Gasteiger partial charge in [-0.25, -0.2) is 0 Å². The lowest BCUT2D eigenvalue weighted by Gasteiger charge is -2.39. The quantitative estimate of drug-likeness (QED) is 0.912. The number of carboxylic acids is 1. The Morgan fingerprint density at radius 3 is 2.05 bits per heavy atom. The van der Waals surface area contributed by atoms with Gasteiger partial charge in [0.2, 0.25) is 0 Å². The number of rotatable bonds is 2. The molecule has 4 nitrogen and oxygen atoms in total. The molecule has 1 heterocycles. The van der Waals surface area contributed by atoms with Gasteiger partial charge in [0.1, 0.15) is 0 Å². The number of likely N-dealkylation sites (tertiary alicyclic amines) is 1. The number of carbonyl (C=O) groups excluding carboxylic acids is 1. The Labute approximate surface area is 125 Å². The van der Waals surface area contributed by atoms with Crippen molar-refractivity contribution in [1.82, 2.24) is 4.90 Å². The number of aryl methyl sites for hydroxylation is 1. The second-order valence-corrected chi connectivity index (χ2v) is 5.54. The summed E-state index contributed by atoms with van der Waals surface area (Å²) < 4.78 is 37.3. The van der Waals surface area contributed by atoms with Gasteiger partial charge in [0, 0.05) is 13.1 Å². The molecule has 0 aromatic heterocycles. The van der Waals surface area contributed by atoms with E-state index in [0.29, 0.717) is 10.5 Å². The molecule has 0 saturated carbocycles. The highest BCUT2D eigenvalue weighted by Crippen LogP contribution is 2.37. The van der Waals surface area contributed by atoms with Gasteiger partial charge in [-0.3, -0.25) is 9.59 Å². The highest BCUT2D eigenvalue weighted by atomic mass is 19.4. The number of carboxylic acid groups (broad SMARTS) is 1. The van der Waals surface area contributed by atoms with Gasteiger partial charge in [-0.15, -0.1) is 0 Å². The van der Waals surface area contributed by atoms with Crippen LogP contribution in [0.4, 0.5) is 13.2 Å². The summed E-state index contributed by atoms with van der Waals surface area (Å²) in [4.78, 5) is 23.6. The van der Waals surface area contributed by atoms with E-state index in [1.54, 1.807) is 24.3 Å². The van der Waals surface area contributed by atoms with Crippen LogP contribution in [0.2, 0.25) is 0 Å². The molecule has 0 radical (unpaired) electrons. The number of piperidine rings is 1. The van der Waals surface area contributed by atoms with E-state index in [-0.39, 0.29) is 25.9 Å². The van der Waals surface area contributed by atoms with E-state index < -0.39 is 23.5 Å². The van der Waals surface area contributed by atoms with Crippen molar-refractivity contribution in [2.24, 2.45) is 0 Å². The largest absolute Gasteiger partial charge is 0.481 e. The third-order valence-electron chi connectivity index (χ3n) is 4.16. The molecule has 0 spiro atoms. The van der Waals surface area contributed by atoms with Crippen molar-refractivity contribution in [3.63, 3.8) is 0 Å². The van der Waals surface area contributed by atoms with Crippen LogP contribution >= 0.6 is 0 Å². The summed E-state index contributed by atoms with van der Waals surface area (Å²) in [6.45, 7) is 1.42. The fraction of sp³-hybridized carbons (Fsp3) is 0.467. The fourth-order valence-corrected chi connectivity index (χ4v) is 2.77. The highest BCUT2D eigenvalue weighted by molar-refractivity contribution is 5.84. The van der Waals surface area contributed by atoms with Gasteiger partial charge in [0.05, 0.1) is 5.41 Å². The molecular weight excluding hydrogens is 299 g/mol. The molecule has 0 unspecified atom stereocenters. The minimum Gasteiger partial charge on any atom is -0.481 e. The van der Waals surface area contributed by atoms with Crippen LogP contribution < -0.4 is 0 Å². The topological polar surface area (TPSA) is 57.6 Å². The molecule has 1 aromatic carbocycles. The van der Waals surface area contributed by atoms with Crippen molar-refractivity contribution in [3.8, 4) is 0 Å². The van der Waals surface area contributed by atoms with E-state index in [0.717, 1.165) is 5.56 Å². The normalized spacial score (nSPS) is 18.1. The molecule has 1 N–H and O–H groups in total. The Balaban J connectivity index is 2.22. The summed E-state index contributed by atoms with van der Waals surface area (Å²) >= 11 is 0. The minimum absolute atomic E-state index is 0.0345. The maximum atomic E-state index is 12.4. The third-order valence-corrected chi connectivity index (χ3v) is 4.16. The monoisotopic (exact) mass is 315 g/mol. The van der Waals surface area contributed by atoms with E-state index in [4.69, 9.17) is 0 Å². The Morgan fingerprint density at radius 2 is 1.64 bits per heavy atom. The van der Waals surface area contributed by atoms with Crippen molar-refractivity contribution in [1.29, 1.82) is 0 Å². The maximum absolute atomic E-state index is 12.4. The minimum atomic E-state index is -4.92. The Morgan fingerprint density at radius 1 is 1.14 bits per heavy atom. The van der Waals surface area contributed by atoms with Gasteiger partial charge in [-0.05, 0) is 25.3 Å². The first-order valence-electron chi connectivity index (χ1n) is 6.83. The summed E-state index contributed by atoms with van der Waals surface area (Å²) in [5, 5.41) is 9.57. The van der Waals surface area contributed by atoms with E-state index >= 15 is 0 Å². The van der Waals surface area contributed by atoms with Gasteiger partial charge in [-0.1, -0.05) is 29.8 Å². The van der Waals surface area contributed by atoms with Gasteiger partial charge in [0.15, 0.2) is 0 Å². The van der Waals surface area contributed by atoms with E-state index in [2.05, 4.69) is 0 Å². The van der Waals surface area contributed by atoms with Gasteiger partial charge < -0.3 is 10.0 Å². The summed E-state index contributed by atoms with van der Waals surface area (Å²) in [7, 11) is 0. The number of hydrogen-bond donors (Lipinski definition) is 1. The molecule has 1 saturated heterocycles. The Kier molecular flexibility index (Phi) is 4.17. The number of carbonyl (C=O) groups is 2. The number of nitrogens with zero attached hydrogens (tertiary/aromatic N) is 1. The molecule has 0 atom stereocenters. The first-order chi connectivity index (χ1) is 10.2. The summed E-state index contributed by atoms with van der Waals surface area (Å²) in [6, 6.07) is 6.91. The van der Waals surface area contributed by atoms with Gasteiger partial charge >= 0.3 is 18.1 Å². The number of benzene rings is 1. The van der Waals surface area contributed by atoms with Gasteiger partial charge in [0.25, 0.3) is 0 Å². The number of halogens is 3. The predicted octanol–water partition coefficient (Wildman–Crippen LogP) is 2.50. The van der Waals surface area contributed by atoms with Crippen molar-refractivity contribution < 1.29 is 27.9 Å². The first-order valence-corrected chi connectivity index (χ1v) is 6.83. The van der Waals surface area contributed by atoms with Crippen LogP contribution in [-0.2, 0) is 15.0 Å². The van der Waals surface area contributed by atoms with Crippen LogP contribution in [0, 0.1) is 6.92 Å². The molecule has 1 amide bonds. The molecule has 0 bridgehead atoms. The zero-order chi connectivity index (χ0) is 16.5. The smallest absolute Gasteiger partial charge is 0.471 e. The number of amides is 1. The lowest BCUT2D eigenvalue weighted by Crippen LogP contribution is -2.52. The Bertz CT molecular complexity index is 573. The van der Waals surface area contributed by atoms with Crippen LogP contribution in [0.25, 0.3) is 0 Å². The van der Waals surface area contributed by atoms with Crippen LogP contribution in [-0.4, -0.2) is 41.1 Å². The second-order valence-electron chi connectivity index (χ2n) is 5.54. The zero-order valence-corrected chi connectivity index (χ0v) is 12.0. The van der Waals surface area contributed by atoms with Crippen molar-refractivity contribution in [2.45, 2.75) is 31.4 Å². The van der Waals surface area contributed by atoms with Crippen molar-refractivity contribution >= 4 is 11.9 Å². The lowest BCUT2D eigenvalue weighted by molar-refractivity contribution is -0.187. The summed E-state index contributed by atoms with van der Waals surface area (Å²) in [6.07, 6.45) is -4.99. The average Bonchev–Trinajstić information content (AvgIpc) is 2.46. The van der Waals surface area contributed by atoms with E-state index in [1.807, 2.05) is 6.92 Å². The summed E-state index contributed by atoms with van der Waals surface area (Å²) in [5.74, 6) is -2.98. The van der Waals surface area contributed by atoms with Crippen molar-refractivity contribution in [2.75, 3.05) is 13.1 Å². The number of hydrogen-bond acceptors (Lipinski definition) is 2.